The molecule has 0 saturated carbocycles. The molecule has 2 aromatic carbocycles. The zero-order chi connectivity index (χ0) is 20.1. The van der Waals surface area contributed by atoms with Crippen LogP contribution in [0.4, 0.5) is 18.9 Å². The van der Waals surface area contributed by atoms with E-state index in [-0.39, 0.29) is 5.69 Å². The third-order valence-corrected chi connectivity index (χ3v) is 5.11. The number of amides is 1. The van der Waals surface area contributed by atoms with Gasteiger partial charge in [-0.2, -0.15) is 13.2 Å². The fourth-order valence-electron chi connectivity index (χ4n) is 3.68. The minimum absolute atomic E-state index is 0.0583. The number of hydrogen-bond donors (Lipinski definition) is 3. The lowest BCUT2D eigenvalue weighted by atomic mass is 9.80. The summed E-state index contributed by atoms with van der Waals surface area (Å²) >= 11 is 5.23. The molecule has 2 aliphatic heterocycles. The van der Waals surface area contributed by atoms with Crippen molar-refractivity contribution in [3.8, 4) is 5.75 Å². The number of alkyl halides is 3. The van der Waals surface area contributed by atoms with Crippen LogP contribution >= 0.6 is 12.2 Å². The highest BCUT2D eigenvalue weighted by Gasteiger charge is 2.54. The highest BCUT2D eigenvalue weighted by atomic mass is 32.1. The van der Waals surface area contributed by atoms with E-state index >= 15 is 0 Å². The van der Waals surface area contributed by atoms with Crippen LogP contribution in [0.2, 0.25) is 0 Å². The molecule has 2 aromatic rings. The second kappa shape index (κ2) is 6.37. The standard InChI is InChI=1S/C19H16F3N3O2S/c1-18-14(16(26)23-11-6-4-5-10(9-11)19(20,21)22)15(24-17(28)25-18)12-7-2-3-8-13(12)27-18/h2-9,14-15H,1H3,(H,23,26)(H2,24,25,28)/t14-,15+,18+/m0/s1. The van der Waals surface area contributed by atoms with E-state index in [4.69, 9.17) is 17.0 Å². The molecule has 0 radical (unpaired) electrons. The van der Waals surface area contributed by atoms with Gasteiger partial charge in [-0.1, -0.05) is 24.3 Å². The van der Waals surface area contributed by atoms with E-state index in [0.29, 0.717) is 10.9 Å². The maximum atomic E-state index is 13.1. The Morgan fingerprint density at radius 1 is 1.21 bits per heavy atom. The summed E-state index contributed by atoms with van der Waals surface area (Å²) < 4.78 is 44.9. The van der Waals surface area contributed by atoms with Crippen molar-refractivity contribution >= 4 is 28.9 Å². The predicted octanol–water partition coefficient (Wildman–Crippen LogP) is 3.59. The molecular weight excluding hydrogens is 391 g/mol. The van der Waals surface area contributed by atoms with Gasteiger partial charge in [0.1, 0.15) is 11.7 Å². The summed E-state index contributed by atoms with van der Waals surface area (Å²) in [5.74, 6) is -0.645. The van der Waals surface area contributed by atoms with Crippen molar-refractivity contribution in [3.63, 3.8) is 0 Å². The topological polar surface area (TPSA) is 62.4 Å². The summed E-state index contributed by atoms with van der Waals surface area (Å²) in [5.41, 5.74) is -1.16. The van der Waals surface area contributed by atoms with Gasteiger partial charge in [-0.25, -0.2) is 0 Å². The molecule has 2 aliphatic rings. The number of benzene rings is 2. The van der Waals surface area contributed by atoms with Crippen molar-refractivity contribution in [2.45, 2.75) is 24.9 Å². The van der Waals surface area contributed by atoms with Crippen molar-refractivity contribution < 1.29 is 22.7 Å². The fourth-order valence-corrected chi connectivity index (χ4v) is 4.01. The number of fused-ring (bicyclic) bond motifs is 4. The van der Waals surface area contributed by atoms with E-state index in [1.54, 1.807) is 13.0 Å². The Hall–Kier alpha value is -2.81. The van der Waals surface area contributed by atoms with Crippen LogP contribution in [0.5, 0.6) is 5.75 Å². The first-order valence-electron chi connectivity index (χ1n) is 8.52. The van der Waals surface area contributed by atoms with Gasteiger partial charge in [0.15, 0.2) is 10.8 Å². The third kappa shape index (κ3) is 3.15. The van der Waals surface area contributed by atoms with Gasteiger partial charge in [-0.15, -0.1) is 0 Å². The summed E-state index contributed by atoms with van der Waals surface area (Å²) in [4.78, 5) is 13.1. The summed E-state index contributed by atoms with van der Waals surface area (Å²) in [6.07, 6.45) is -4.49. The summed E-state index contributed by atoms with van der Waals surface area (Å²) in [5, 5.41) is 8.98. The van der Waals surface area contributed by atoms with Crippen molar-refractivity contribution in [3.05, 3.63) is 59.7 Å². The van der Waals surface area contributed by atoms with E-state index in [1.165, 1.54) is 12.1 Å². The highest BCUT2D eigenvalue weighted by Crippen LogP contribution is 2.45. The molecule has 2 heterocycles. The molecule has 0 spiro atoms. The number of nitrogens with one attached hydrogen (secondary N) is 3. The fraction of sp³-hybridized carbons (Fsp3) is 0.263. The average molecular weight is 407 g/mol. The maximum Gasteiger partial charge on any atom is 0.416 e. The van der Waals surface area contributed by atoms with Crippen molar-refractivity contribution in [2.24, 2.45) is 5.92 Å². The second-order valence-electron chi connectivity index (χ2n) is 6.87. The number of carbonyl (C=O) groups is 1. The lowest BCUT2D eigenvalue weighted by Crippen LogP contribution is -2.70. The smallest absolute Gasteiger partial charge is 0.416 e. The van der Waals surface area contributed by atoms with E-state index < -0.39 is 35.3 Å². The van der Waals surface area contributed by atoms with Crippen LogP contribution in [0.15, 0.2) is 48.5 Å². The molecule has 3 atom stereocenters. The summed E-state index contributed by atoms with van der Waals surface area (Å²) in [6, 6.07) is 11.3. The first-order chi connectivity index (χ1) is 13.2. The summed E-state index contributed by atoms with van der Waals surface area (Å²) in [6.45, 7) is 1.69. The first-order valence-corrected chi connectivity index (χ1v) is 8.93. The molecule has 0 aromatic heterocycles. The Bertz CT molecular complexity index is 965. The van der Waals surface area contributed by atoms with Gasteiger partial charge in [0.2, 0.25) is 5.91 Å². The SMILES string of the molecule is C[C@@]12NC(=S)N[C@H](c3ccccc3O1)[C@H]2C(=O)Nc1cccc(C(F)(F)F)c1. The van der Waals surface area contributed by atoms with E-state index in [0.717, 1.165) is 17.7 Å². The largest absolute Gasteiger partial charge is 0.467 e. The monoisotopic (exact) mass is 407 g/mol. The van der Waals surface area contributed by atoms with Gasteiger partial charge in [-0.3, -0.25) is 4.79 Å². The quantitative estimate of drug-likeness (QED) is 0.665. The zero-order valence-corrected chi connectivity index (χ0v) is 15.4. The predicted molar refractivity (Wildman–Crippen MR) is 101 cm³/mol. The van der Waals surface area contributed by atoms with Crippen LogP contribution < -0.4 is 20.7 Å². The van der Waals surface area contributed by atoms with Gasteiger partial charge in [0.05, 0.1) is 11.6 Å². The van der Waals surface area contributed by atoms with Gasteiger partial charge in [0, 0.05) is 11.3 Å². The summed E-state index contributed by atoms with van der Waals surface area (Å²) in [7, 11) is 0. The Labute approximate surface area is 164 Å². The Balaban J connectivity index is 1.67. The number of ether oxygens (including phenoxy) is 1. The molecule has 0 unspecified atom stereocenters. The number of carbonyl (C=O) groups excluding carboxylic acids is 1. The number of halogens is 3. The van der Waals surface area contributed by atoms with E-state index in [1.807, 2.05) is 18.2 Å². The van der Waals surface area contributed by atoms with Crippen LogP contribution in [-0.4, -0.2) is 16.7 Å². The second-order valence-corrected chi connectivity index (χ2v) is 7.28. The molecule has 5 nitrogen and oxygen atoms in total. The number of anilines is 1. The number of hydrogen-bond acceptors (Lipinski definition) is 3. The average Bonchev–Trinajstić information content (AvgIpc) is 2.60. The minimum atomic E-state index is -4.49. The van der Waals surface area contributed by atoms with Crippen molar-refractivity contribution in [2.75, 3.05) is 5.32 Å². The molecule has 0 aliphatic carbocycles. The normalized spacial score (nSPS) is 25.6. The molecule has 3 N–H and O–H groups in total. The third-order valence-electron chi connectivity index (χ3n) is 4.89. The molecule has 1 fully saturated rings. The van der Waals surface area contributed by atoms with Crippen LogP contribution in [0.25, 0.3) is 0 Å². The van der Waals surface area contributed by atoms with E-state index in [9.17, 15) is 18.0 Å². The molecule has 4 rings (SSSR count). The molecule has 1 saturated heterocycles. The molecule has 28 heavy (non-hydrogen) atoms. The number of para-hydroxylation sites is 1. The van der Waals surface area contributed by atoms with Gasteiger partial charge in [0.25, 0.3) is 0 Å². The van der Waals surface area contributed by atoms with Gasteiger partial charge >= 0.3 is 6.18 Å². The molecule has 9 heteroatoms. The Morgan fingerprint density at radius 2 is 1.96 bits per heavy atom. The van der Waals surface area contributed by atoms with Crippen LogP contribution in [0.1, 0.15) is 24.1 Å². The molecular formula is C19H16F3N3O2S. The molecule has 2 bridgehead atoms. The van der Waals surface area contributed by atoms with Crippen LogP contribution in [-0.2, 0) is 11.0 Å². The zero-order valence-electron chi connectivity index (χ0n) is 14.6. The van der Waals surface area contributed by atoms with Gasteiger partial charge in [-0.05, 0) is 43.4 Å². The Kier molecular flexibility index (Phi) is 4.22. The minimum Gasteiger partial charge on any atom is -0.467 e. The van der Waals surface area contributed by atoms with Crippen molar-refractivity contribution in [1.29, 1.82) is 0 Å². The highest BCUT2D eigenvalue weighted by molar-refractivity contribution is 7.80. The number of rotatable bonds is 2. The lowest BCUT2D eigenvalue weighted by molar-refractivity contribution is -0.138. The van der Waals surface area contributed by atoms with Crippen LogP contribution in [0.3, 0.4) is 0 Å². The Morgan fingerprint density at radius 3 is 2.71 bits per heavy atom. The van der Waals surface area contributed by atoms with Gasteiger partial charge < -0.3 is 20.7 Å². The number of thiocarbonyl (C=S) groups is 1. The van der Waals surface area contributed by atoms with Crippen LogP contribution in [0, 0.1) is 5.92 Å². The van der Waals surface area contributed by atoms with Crippen molar-refractivity contribution in [1.82, 2.24) is 10.6 Å². The maximum absolute atomic E-state index is 13.1. The van der Waals surface area contributed by atoms with E-state index in [2.05, 4.69) is 16.0 Å². The lowest BCUT2D eigenvalue weighted by Gasteiger charge is -2.50. The molecule has 146 valence electrons. The first kappa shape index (κ1) is 18.5. The molecule has 1 amide bonds.